The van der Waals surface area contributed by atoms with Gasteiger partial charge in [-0.2, -0.15) is 8.78 Å². The van der Waals surface area contributed by atoms with Gasteiger partial charge in [0.05, 0.1) is 28.4 Å². The summed E-state index contributed by atoms with van der Waals surface area (Å²) in [5, 5.41) is 2.93. The Morgan fingerprint density at radius 1 is 0.806 bits per heavy atom. The van der Waals surface area contributed by atoms with Crippen molar-refractivity contribution < 1.29 is 27.7 Å². The van der Waals surface area contributed by atoms with Crippen LogP contribution in [-0.2, 0) is 6.54 Å². The van der Waals surface area contributed by atoms with Gasteiger partial charge in [0.1, 0.15) is 16.1 Å². The predicted molar refractivity (Wildman–Crippen MR) is 116 cm³/mol. The molecule has 3 rings (SSSR count). The van der Waals surface area contributed by atoms with Gasteiger partial charge in [0.2, 0.25) is 5.82 Å². The van der Waals surface area contributed by atoms with Crippen molar-refractivity contribution in [2.24, 2.45) is 0 Å². The zero-order valence-electron chi connectivity index (χ0n) is 17.4. The maximum absolute atomic E-state index is 14.0. The van der Waals surface area contributed by atoms with E-state index in [0.29, 0.717) is 18.0 Å². The zero-order chi connectivity index (χ0) is 22.8. The Bertz CT molecular complexity index is 1010. The molecule has 0 bridgehead atoms. The second-order valence-electron chi connectivity index (χ2n) is 5.83. The van der Waals surface area contributed by atoms with Gasteiger partial charge in [-0.05, 0) is 28.1 Å². The highest BCUT2D eigenvalue weighted by Gasteiger charge is 2.11. The quantitative estimate of drug-likeness (QED) is 0.467. The van der Waals surface area contributed by atoms with E-state index in [1.54, 1.807) is 20.3 Å². The van der Waals surface area contributed by atoms with Crippen molar-refractivity contribution in [3.63, 3.8) is 0 Å². The lowest BCUT2D eigenvalue weighted by atomic mass is 10.2. The molecule has 166 valence electrons. The number of hydrogen-bond donors (Lipinski definition) is 1. The van der Waals surface area contributed by atoms with Gasteiger partial charge < -0.3 is 24.3 Å². The molecule has 2 aromatic heterocycles. The lowest BCUT2D eigenvalue weighted by Crippen LogP contribution is -2.06. The molecular weight excluding hydrogens is 476 g/mol. The van der Waals surface area contributed by atoms with Gasteiger partial charge in [-0.25, -0.2) is 9.97 Å². The van der Waals surface area contributed by atoms with Crippen molar-refractivity contribution in [3.8, 4) is 23.0 Å². The Morgan fingerprint density at radius 3 is 2.00 bits per heavy atom. The maximum atomic E-state index is 14.0. The van der Waals surface area contributed by atoms with Crippen LogP contribution in [0.2, 0.25) is 0 Å². The lowest BCUT2D eigenvalue weighted by Gasteiger charge is -2.12. The minimum atomic E-state index is -0.521. The molecule has 0 atom stereocenters. The van der Waals surface area contributed by atoms with Gasteiger partial charge in [-0.1, -0.05) is 0 Å². The van der Waals surface area contributed by atoms with E-state index in [2.05, 4.69) is 36.0 Å². The molecule has 0 aliphatic rings. The number of methoxy groups -OCH3 is 4. The second kappa shape index (κ2) is 11.9. The molecule has 10 heteroatoms. The van der Waals surface area contributed by atoms with Crippen LogP contribution in [0.3, 0.4) is 0 Å². The van der Waals surface area contributed by atoms with E-state index in [1.807, 2.05) is 12.1 Å². The summed E-state index contributed by atoms with van der Waals surface area (Å²) >= 11 is 2.92. The third kappa shape index (κ3) is 6.42. The first kappa shape index (κ1) is 24.1. The van der Waals surface area contributed by atoms with E-state index in [9.17, 15) is 8.78 Å². The molecule has 0 aliphatic heterocycles. The third-order valence-electron chi connectivity index (χ3n) is 4.05. The number of hydrogen-bond acceptors (Lipinski definition) is 7. The number of halogens is 3. The van der Waals surface area contributed by atoms with E-state index in [-0.39, 0.29) is 21.9 Å². The Hall–Kier alpha value is -3.14. The molecule has 0 fully saturated rings. The van der Waals surface area contributed by atoms with E-state index in [1.165, 1.54) is 38.7 Å². The number of ether oxygens (including phenoxy) is 4. The predicted octanol–water partition coefficient (Wildman–Crippen LogP) is 4.85. The number of pyridine rings is 2. The number of nitrogens with one attached hydrogen (secondary N) is 1. The summed E-state index contributed by atoms with van der Waals surface area (Å²) in [6.07, 6.45) is 2.95. The zero-order valence-corrected chi connectivity index (χ0v) is 19.0. The van der Waals surface area contributed by atoms with Crippen LogP contribution in [0.4, 0.5) is 14.6 Å². The topological polar surface area (TPSA) is 74.7 Å². The van der Waals surface area contributed by atoms with Gasteiger partial charge in [0, 0.05) is 42.7 Å². The minimum Gasteiger partial charge on any atom is -0.497 e. The summed E-state index contributed by atoms with van der Waals surface area (Å²) in [5.41, 5.74) is 0.863. The Balaban J connectivity index is 0.000000285. The van der Waals surface area contributed by atoms with Crippen LogP contribution >= 0.6 is 15.9 Å². The summed E-state index contributed by atoms with van der Waals surface area (Å²) in [6, 6.07) is 8.36. The molecule has 0 spiro atoms. The average molecular weight is 498 g/mol. The standard InChI is InChI=1S/C15H17FN2O3.C6H5BrFNO/c1-19-11-5-4-10(13(8-11)21-3)9-18-15-14(16)12(20-2)6-7-17-15;1-10-4-2-3-9-6(7)5(4)8/h4-8H,9H2,1-3H3,(H,17,18);2-3H,1H3. The Kier molecular flexibility index (Phi) is 9.26. The van der Waals surface area contributed by atoms with Crippen LogP contribution in [0, 0.1) is 11.6 Å². The molecule has 0 amide bonds. The van der Waals surface area contributed by atoms with Crippen molar-refractivity contribution in [1.82, 2.24) is 9.97 Å². The fraction of sp³-hybridized carbons (Fsp3) is 0.238. The van der Waals surface area contributed by atoms with Gasteiger partial charge in [0.25, 0.3) is 0 Å². The van der Waals surface area contributed by atoms with Gasteiger partial charge >= 0.3 is 0 Å². The minimum absolute atomic E-state index is 0.132. The average Bonchev–Trinajstić information content (AvgIpc) is 2.80. The number of rotatable bonds is 7. The fourth-order valence-corrected chi connectivity index (χ4v) is 2.76. The first-order valence-electron chi connectivity index (χ1n) is 8.92. The summed E-state index contributed by atoms with van der Waals surface area (Å²) in [4.78, 5) is 7.61. The van der Waals surface area contributed by atoms with Crippen LogP contribution < -0.4 is 24.3 Å². The van der Waals surface area contributed by atoms with Crippen LogP contribution in [0.15, 0.2) is 47.3 Å². The molecule has 31 heavy (non-hydrogen) atoms. The van der Waals surface area contributed by atoms with Crippen molar-refractivity contribution in [2.45, 2.75) is 6.54 Å². The highest BCUT2D eigenvalue weighted by atomic mass is 79.9. The van der Waals surface area contributed by atoms with Crippen LogP contribution in [0.1, 0.15) is 5.56 Å². The normalized spacial score (nSPS) is 9.90. The summed E-state index contributed by atoms with van der Waals surface area (Å²) in [7, 11) is 5.98. The van der Waals surface area contributed by atoms with Crippen molar-refractivity contribution >= 4 is 21.7 Å². The molecule has 0 unspecified atom stereocenters. The van der Waals surface area contributed by atoms with E-state index in [4.69, 9.17) is 14.2 Å². The Labute approximate surface area is 187 Å². The number of aromatic nitrogens is 2. The molecule has 1 aromatic carbocycles. The van der Waals surface area contributed by atoms with Gasteiger partial charge in [0.15, 0.2) is 23.1 Å². The van der Waals surface area contributed by atoms with E-state index >= 15 is 0 Å². The molecule has 7 nitrogen and oxygen atoms in total. The maximum Gasteiger partial charge on any atom is 0.207 e. The molecule has 3 aromatic rings. The molecule has 0 saturated carbocycles. The third-order valence-corrected chi connectivity index (χ3v) is 4.60. The largest absolute Gasteiger partial charge is 0.497 e. The van der Waals surface area contributed by atoms with Crippen molar-refractivity contribution in [3.05, 3.63) is 64.5 Å². The molecule has 1 N–H and O–H groups in total. The van der Waals surface area contributed by atoms with Gasteiger partial charge in [-0.15, -0.1) is 0 Å². The fourth-order valence-electron chi connectivity index (χ4n) is 2.44. The molecule has 2 heterocycles. The Morgan fingerprint density at radius 2 is 1.42 bits per heavy atom. The first-order valence-corrected chi connectivity index (χ1v) is 9.71. The smallest absolute Gasteiger partial charge is 0.207 e. The van der Waals surface area contributed by atoms with Crippen molar-refractivity contribution in [1.29, 1.82) is 0 Å². The monoisotopic (exact) mass is 497 g/mol. The highest BCUT2D eigenvalue weighted by Crippen LogP contribution is 2.27. The van der Waals surface area contributed by atoms with Crippen LogP contribution in [0.5, 0.6) is 23.0 Å². The first-order chi connectivity index (χ1) is 14.9. The van der Waals surface area contributed by atoms with E-state index < -0.39 is 11.6 Å². The second-order valence-corrected chi connectivity index (χ2v) is 6.58. The van der Waals surface area contributed by atoms with Gasteiger partial charge in [-0.3, -0.25) is 0 Å². The summed E-state index contributed by atoms with van der Waals surface area (Å²) < 4.78 is 46.9. The number of benzene rings is 1. The molecular formula is C21H22BrF2N3O4. The molecule has 0 saturated heterocycles. The number of nitrogens with zero attached hydrogens (tertiary/aromatic N) is 2. The number of anilines is 1. The molecule has 0 radical (unpaired) electrons. The summed E-state index contributed by atoms with van der Waals surface area (Å²) in [5.74, 6) is 0.840. The summed E-state index contributed by atoms with van der Waals surface area (Å²) in [6.45, 7) is 0.365. The molecule has 0 aliphatic carbocycles. The van der Waals surface area contributed by atoms with Crippen LogP contribution in [0.25, 0.3) is 0 Å². The van der Waals surface area contributed by atoms with E-state index in [0.717, 1.165) is 5.56 Å². The SMILES string of the molecule is COc1ccc(CNc2nccc(OC)c2F)c(OC)c1.COc1ccnc(Br)c1F. The highest BCUT2D eigenvalue weighted by molar-refractivity contribution is 9.10. The van der Waals surface area contributed by atoms with Crippen LogP contribution in [-0.4, -0.2) is 38.4 Å². The van der Waals surface area contributed by atoms with Crippen molar-refractivity contribution in [2.75, 3.05) is 33.8 Å². The lowest BCUT2D eigenvalue weighted by molar-refractivity contribution is 0.383.